The minimum Gasteiger partial charge on any atom is -0.460 e. The van der Waals surface area contributed by atoms with Gasteiger partial charge in [0, 0.05) is 25.2 Å². The van der Waals surface area contributed by atoms with Gasteiger partial charge in [-0.15, -0.1) is 0 Å². The summed E-state index contributed by atoms with van der Waals surface area (Å²) in [5, 5.41) is 17.5. The first-order valence-electron chi connectivity index (χ1n) is 9.18. The van der Waals surface area contributed by atoms with E-state index in [0.29, 0.717) is 35.5 Å². The largest absolute Gasteiger partial charge is 0.460 e. The molecule has 4 atom stereocenters. The summed E-state index contributed by atoms with van der Waals surface area (Å²) in [6.45, 7) is 3.32. The van der Waals surface area contributed by atoms with Crippen molar-refractivity contribution in [3.05, 3.63) is 29.7 Å². The van der Waals surface area contributed by atoms with E-state index in [1.54, 1.807) is 6.07 Å². The van der Waals surface area contributed by atoms with Gasteiger partial charge in [0.05, 0.1) is 6.10 Å². The quantitative estimate of drug-likeness (QED) is 0.873. The van der Waals surface area contributed by atoms with Crippen molar-refractivity contribution in [1.82, 2.24) is 20.0 Å². The number of aliphatic hydroxyl groups is 1. The minimum atomic E-state index is -0.319. The van der Waals surface area contributed by atoms with Gasteiger partial charge in [-0.25, -0.2) is 0 Å². The maximum Gasteiger partial charge on any atom is 0.274 e. The lowest BCUT2D eigenvalue weighted by molar-refractivity contribution is 0.00940. The van der Waals surface area contributed by atoms with Crippen LogP contribution in [0.3, 0.4) is 0 Å². The fourth-order valence-electron chi connectivity index (χ4n) is 4.43. The molecule has 26 heavy (non-hydrogen) atoms. The lowest BCUT2D eigenvalue weighted by Gasteiger charge is -2.38. The minimum absolute atomic E-state index is 0.0546. The number of H-pyrrole nitrogens is 1. The van der Waals surface area contributed by atoms with E-state index in [-0.39, 0.29) is 18.1 Å². The number of fused-ring (bicyclic) bond motifs is 1. The number of furan rings is 1. The van der Waals surface area contributed by atoms with Crippen LogP contribution in [-0.4, -0.2) is 70.3 Å². The summed E-state index contributed by atoms with van der Waals surface area (Å²) in [7, 11) is 4.02. The Balaban J connectivity index is 1.46. The van der Waals surface area contributed by atoms with Crippen LogP contribution in [0, 0.1) is 18.8 Å². The van der Waals surface area contributed by atoms with Crippen molar-refractivity contribution in [2.75, 3.05) is 27.2 Å². The lowest BCUT2D eigenvalue weighted by atomic mass is 9.77. The third-order valence-corrected chi connectivity index (χ3v) is 5.86. The molecule has 2 aromatic heterocycles. The Morgan fingerprint density at radius 1 is 1.31 bits per heavy atom. The van der Waals surface area contributed by atoms with Crippen LogP contribution >= 0.6 is 0 Å². The summed E-state index contributed by atoms with van der Waals surface area (Å²) in [4.78, 5) is 16.9. The van der Waals surface area contributed by atoms with Gasteiger partial charge in [0.2, 0.25) is 0 Å². The van der Waals surface area contributed by atoms with Crippen LogP contribution in [0.4, 0.5) is 0 Å². The number of hydrogen-bond acceptors (Lipinski definition) is 5. The standard InChI is InChI=1S/C19H26N4O3/c1-11-4-5-18(26-11)14-8-15(21-20-14)19(25)23-9-12-6-16(22(2)3)17(24)7-13(12)10-23/h4-5,8,12-13,16-17,24H,6-7,9-10H2,1-3H3,(H,20,21)/t12-,13+,16-,17-/m1/s1. The number of nitrogens with zero attached hydrogens (tertiary/aromatic N) is 3. The van der Waals surface area contributed by atoms with Crippen LogP contribution < -0.4 is 0 Å². The smallest absolute Gasteiger partial charge is 0.274 e. The molecule has 1 aliphatic heterocycles. The number of amides is 1. The maximum absolute atomic E-state index is 12.9. The van der Waals surface area contributed by atoms with Crippen LogP contribution in [0.1, 0.15) is 29.1 Å². The molecular formula is C19H26N4O3. The van der Waals surface area contributed by atoms with Gasteiger partial charge in [-0.05, 0) is 57.8 Å². The molecule has 0 radical (unpaired) electrons. The highest BCUT2D eigenvalue weighted by molar-refractivity contribution is 5.93. The van der Waals surface area contributed by atoms with Crippen LogP contribution in [-0.2, 0) is 0 Å². The molecule has 1 aliphatic carbocycles. The highest BCUT2D eigenvalue weighted by Gasteiger charge is 2.43. The van der Waals surface area contributed by atoms with Crippen LogP contribution in [0.25, 0.3) is 11.5 Å². The number of aromatic nitrogens is 2. The number of carbonyl (C=O) groups is 1. The van der Waals surface area contributed by atoms with E-state index in [1.165, 1.54) is 0 Å². The number of hydrogen-bond donors (Lipinski definition) is 2. The van der Waals surface area contributed by atoms with Crippen molar-refractivity contribution < 1.29 is 14.3 Å². The molecule has 2 fully saturated rings. The molecule has 0 unspecified atom stereocenters. The van der Waals surface area contributed by atoms with Gasteiger partial charge in [-0.1, -0.05) is 0 Å². The average molecular weight is 358 g/mol. The number of aliphatic hydroxyl groups excluding tert-OH is 1. The zero-order valence-corrected chi connectivity index (χ0v) is 15.5. The summed E-state index contributed by atoms with van der Waals surface area (Å²) >= 11 is 0. The number of aromatic amines is 1. The molecule has 1 saturated carbocycles. The molecule has 0 bridgehead atoms. The zero-order valence-electron chi connectivity index (χ0n) is 15.5. The Morgan fingerprint density at radius 2 is 2.04 bits per heavy atom. The van der Waals surface area contributed by atoms with Crippen LogP contribution in [0.5, 0.6) is 0 Å². The molecule has 3 heterocycles. The van der Waals surface area contributed by atoms with Gasteiger partial charge in [-0.3, -0.25) is 9.89 Å². The number of carbonyl (C=O) groups excluding carboxylic acids is 1. The highest BCUT2D eigenvalue weighted by Crippen LogP contribution is 2.38. The number of aryl methyl sites for hydroxylation is 1. The Morgan fingerprint density at radius 3 is 2.69 bits per heavy atom. The number of likely N-dealkylation sites (N-methyl/N-ethyl adjacent to an activating group) is 1. The molecule has 140 valence electrons. The van der Waals surface area contributed by atoms with E-state index in [9.17, 15) is 9.90 Å². The summed E-state index contributed by atoms with van der Waals surface area (Å²) in [5.41, 5.74) is 1.12. The normalized spacial score (nSPS) is 28.6. The molecule has 4 rings (SSSR count). The second kappa shape index (κ2) is 6.55. The third kappa shape index (κ3) is 3.05. The molecule has 2 aliphatic rings. The molecule has 7 nitrogen and oxygen atoms in total. The maximum atomic E-state index is 12.9. The fourth-order valence-corrected chi connectivity index (χ4v) is 4.43. The Labute approximate surface area is 153 Å². The van der Waals surface area contributed by atoms with Gasteiger partial charge in [0.1, 0.15) is 11.5 Å². The van der Waals surface area contributed by atoms with Crippen LogP contribution in [0.15, 0.2) is 22.6 Å². The van der Waals surface area contributed by atoms with Gasteiger partial charge < -0.3 is 19.3 Å². The number of likely N-dealkylation sites (tertiary alicyclic amines) is 1. The predicted octanol–water partition coefficient (Wildman–Crippen LogP) is 1.75. The molecule has 2 N–H and O–H groups in total. The van der Waals surface area contributed by atoms with Gasteiger partial charge in [0.25, 0.3) is 5.91 Å². The Kier molecular flexibility index (Phi) is 4.36. The zero-order chi connectivity index (χ0) is 18.4. The third-order valence-electron chi connectivity index (χ3n) is 5.86. The molecule has 1 saturated heterocycles. The Hall–Kier alpha value is -2.12. The highest BCUT2D eigenvalue weighted by atomic mass is 16.3. The summed E-state index contributed by atoms with van der Waals surface area (Å²) < 4.78 is 5.58. The summed E-state index contributed by atoms with van der Waals surface area (Å²) in [6.07, 6.45) is 1.37. The van der Waals surface area contributed by atoms with E-state index in [0.717, 1.165) is 25.1 Å². The first-order chi connectivity index (χ1) is 12.4. The Bertz CT molecular complexity index is 796. The summed E-state index contributed by atoms with van der Waals surface area (Å²) in [5.74, 6) is 2.26. The number of nitrogens with one attached hydrogen (secondary N) is 1. The van der Waals surface area contributed by atoms with Crippen LogP contribution in [0.2, 0.25) is 0 Å². The molecule has 1 amide bonds. The van der Waals surface area contributed by atoms with Gasteiger partial charge in [0.15, 0.2) is 11.5 Å². The lowest BCUT2D eigenvalue weighted by Crippen LogP contribution is -2.46. The SMILES string of the molecule is Cc1ccc(-c2cc(C(=O)N3C[C@H]4C[C@@H](N(C)C)[C@H](O)C[C@H]4C3)n[nH]2)o1. The van der Waals surface area contributed by atoms with Crippen molar-refractivity contribution in [2.45, 2.75) is 31.9 Å². The van der Waals surface area contributed by atoms with Crippen molar-refractivity contribution in [3.8, 4) is 11.5 Å². The molecule has 0 spiro atoms. The number of rotatable bonds is 3. The van der Waals surface area contributed by atoms with Crippen molar-refractivity contribution >= 4 is 5.91 Å². The molecular weight excluding hydrogens is 332 g/mol. The molecule has 7 heteroatoms. The second-order valence-corrected chi connectivity index (χ2v) is 7.88. The van der Waals surface area contributed by atoms with Gasteiger partial charge >= 0.3 is 0 Å². The first-order valence-corrected chi connectivity index (χ1v) is 9.18. The monoisotopic (exact) mass is 358 g/mol. The van der Waals surface area contributed by atoms with E-state index in [2.05, 4.69) is 15.1 Å². The summed E-state index contributed by atoms with van der Waals surface area (Å²) in [6, 6.07) is 5.67. The van der Waals surface area contributed by atoms with E-state index < -0.39 is 0 Å². The predicted molar refractivity (Wildman–Crippen MR) is 96.6 cm³/mol. The van der Waals surface area contributed by atoms with E-state index >= 15 is 0 Å². The average Bonchev–Trinajstić information content (AvgIpc) is 3.31. The van der Waals surface area contributed by atoms with E-state index in [1.807, 2.05) is 38.1 Å². The van der Waals surface area contributed by atoms with Crippen molar-refractivity contribution in [2.24, 2.45) is 11.8 Å². The fraction of sp³-hybridized carbons (Fsp3) is 0.579. The topological polar surface area (TPSA) is 85.6 Å². The first kappa shape index (κ1) is 17.3. The molecule has 2 aromatic rings. The van der Waals surface area contributed by atoms with Crippen molar-refractivity contribution in [3.63, 3.8) is 0 Å². The van der Waals surface area contributed by atoms with Crippen molar-refractivity contribution in [1.29, 1.82) is 0 Å². The second-order valence-electron chi connectivity index (χ2n) is 7.88. The van der Waals surface area contributed by atoms with Gasteiger partial charge in [-0.2, -0.15) is 5.10 Å². The molecule has 0 aromatic carbocycles. The van der Waals surface area contributed by atoms with E-state index in [4.69, 9.17) is 4.42 Å².